The molecule has 0 saturated carbocycles. The van der Waals surface area contributed by atoms with Crippen LogP contribution in [0.3, 0.4) is 0 Å². The van der Waals surface area contributed by atoms with Crippen molar-refractivity contribution in [1.29, 1.82) is 0 Å². The van der Waals surface area contributed by atoms with Gasteiger partial charge in [0.05, 0.1) is 17.3 Å². The second kappa shape index (κ2) is 6.54. The number of halogens is 1. The van der Waals surface area contributed by atoms with Crippen LogP contribution in [0.4, 0.5) is 5.69 Å². The number of hydrogen-bond acceptors (Lipinski definition) is 2. The molecule has 1 rings (SSSR count). The number of rotatable bonds is 5. The first-order valence-electron chi connectivity index (χ1n) is 5.83. The van der Waals surface area contributed by atoms with Crippen LogP contribution in [0.25, 0.3) is 0 Å². The van der Waals surface area contributed by atoms with Crippen molar-refractivity contribution in [2.75, 3.05) is 18.0 Å². The highest BCUT2D eigenvalue weighted by Crippen LogP contribution is 2.28. The first-order valence-corrected chi connectivity index (χ1v) is 6.21. The van der Waals surface area contributed by atoms with Crippen molar-refractivity contribution < 1.29 is 0 Å². The molecule has 17 heavy (non-hydrogen) atoms. The summed E-state index contributed by atoms with van der Waals surface area (Å²) in [5, 5.41) is 0.712. The number of benzene rings is 1. The molecule has 0 aromatic heterocycles. The Morgan fingerprint density at radius 1 is 1.53 bits per heavy atom. The maximum absolute atomic E-state index is 6.27. The fourth-order valence-electron chi connectivity index (χ4n) is 1.73. The van der Waals surface area contributed by atoms with Gasteiger partial charge in [-0.25, -0.2) is 0 Å². The van der Waals surface area contributed by atoms with Gasteiger partial charge in [-0.05, 0) is 31.0 Å². The lowest BCUT2D eigenvalue weighted by atomic mass is 10.1. The zero-order valence-corrected chi connectivity index (χ0v) is 11.2. The number of nitrogens with zero attached hydrogens (tertiary/aromatic N) is 1. The summed E-state index contributed by atoms with van der Waals surface area (Å²) in [5.41, 5.74) is 7.84. The molecule has 0 radical (unpaired) electrons. The summed E-state index contributed by atoms with van der Waals surface area (Å²) >= 11 is 6.27. The van der Waals surface area contributed by atoms with Crippen LogP contribution in [-0.2, 0) is 0 Å². The van der Waals surface area contributed by atoms with E-state index in [4.69, 9.17) is 23.8 Å². The maximum Gasteiger partial charge on any atom is 0.0792 e. The average Bonchev–Trinajstić information content (AvgIpc) is 2.28. The third-order valence-electron chi connectivity index (χ3n) is 2.61. The monoisotopic (exact) mass is 250 g/mol. The van der Waals surface area contributed by atoms with Crippen molar-refractivity contribution in [3.63, 3.8) is 0 Å². The van der Waals surface area contributed by atoms with E-state index in [-0.39, 0.29) is 6.04 Å². The van der Waals surface area contributed by atoms with Crippen molar-refractivity contribution in [1.82, 2.24) is 0 Å². The molecule has 0 amide bonds. The van der Waals surface area contributed by atoms with Crippen molar-refractivity contribution in [2.24, 2.45) is 5.73 Å². The van der Waals surface area contributed by atoms with E-state index in [1.807, 2.05) is 25.1 Å². The molecule has 0 unspecified atom stereocenters. The molecule has 1 aromatic rings. The van der Waals surface area contributed by atoms with E-state index < -0.39 is 0 Å². The molecule has 0 saturated heterocycles. The highest BCUT2D eigenvalue weighted by atomic mass is 35.5. The van der Waals surface area contributed by atoms with Crippen molar-refractivity contribution >= 4 is 17.3 Å². The molecule has 0 heterocycles. The Bertz CT molecular complexity index is 407. The van der Waals surface area contributed by atoms with E-state index in [9.17, 15) is 0 Å². The Balaban J connectivity index is 3.00. The zero-order valence-electron chi connectivity index (χ0n) is 10.4. The maximum atomic E-state index is 6.27. The Labute approximate surface area is 109 Å². The largest absolute Gasteiger partial charge is 0.359 e. The Morgan fingerprint density at radius 3 is 2.71 bits per heavy atom. The van der Waals surface area contributed by atoms with Crippen LogP contribution in [0, 0.1) is 12.3 Å². The van der Waals surface area contributed by atoms with Crippen LogP contribution in [0.5, 0.6) is 0 Å². The summed E-state index contributed by atoms with van der Waals surface area (Å²) in [4.78, 5) is 2.10. The van der Waals surface area contributed by atoms with Crippen molar-refractivity contribution in [3.8, 4) is 12.3 Å². The molecule has 92 valence electrons. The van der Waals surface area contributed by atoms with Gasteiger partial charge in [0.25, 0.3) is 0 Å². The number of terminal acetylenes is 1. The highest BCUT2D eigenvalue weighted by molar-refractivity contribution is 6.33. The predicted octanol–water partition coefficient (Wildman–Crippen LogP) is 3.21. The number of hydrogen-bond donors (Lipinski definition) is 1. The Hall–Kier alpha value is -1.17. The summed E-state index contributed by atoms with van der Waals surface area (Å²) in [5.74, 6) is 2.66. The molecule has 0 spiro atoms. The lowest BCUT2D eigenvalue weighted by Crippen LogP contribution is -2.24. The average molecular weight is 251 g/mol. The zero-order chi connectivity index (χ0) is 12.8. The third kappa shape index (κ3) is 3.66. The van der Waals surface area contributed by atoms with E-state index in [0.29, 0.717) is 11.6 Å². The molecule has 0 aliphatic rings. The fraction of sp³-hybridized carbons (Fsp3) is 0.429. The summed E-state index contributed by atoms with van der Waals surface area (Å²) in [7, 11) is 0. The van der Waals surface area contributed by atoms with E-state index in [2.05, 4.69) is 17.7 Å². The van der Waals surface area contributed by atoms with Gasteiger partial charge in [0.1, 0.15) is 0 Å². The summed E-state index contributed by atoms with van der Waals surface area (Å²) in [6.07, 6.45) is 6.41. The Kier molecular flexibility index (Phi) is 5.34. The molecule has 1 aromatic carbocycles. The topological polar surface area (TPSA) is 29.3 Å². The fourth-order valence-corrected chi connectivity index (χ4v) is 2.04. The van der Waals surface area contributed by atoms with Crippen molar-refractivity contribution in [2.45, 2.75) is 26.3 Å². The van der Waals surface area contributed by atoms with Crippen LogP contribution < -0.4 is 10.6 Å². The molecule has 2 nitrogen and oxygen atoms in total. The van der Waals surface area contributed by atoms with E-state index in [1.165, 1.54) is 0 Å². The predicted molar refractivity (Wildman–Crippen MR) is 75.4 cm³/mol. The van der Waals surface area contributed by atoms with Gasteiger partial charge in [0, 0.05) is 12.6 Å². The lowest BCUT2D eigenvalue weighted by molar-refractivity contribution is 0.809. The van der Waals surface area contributed by atoms with Crippen LogP contribution in [0.2, 0.25) is 5.02 Å². The smallest absolute Gasteiger partial charge is 0.0792 e. The molecular weight excluding hydrogens is 232 g/mol. The van der Waals surface area contributed by atoms with Crippen LogP contribution in [-0.4, -0.2) is 13.1 Å². The van der Waals surface area contributed by atoms with Gasteiger partial charge in [-0.3, -0.25) is 0 Å². The molecule has 1 atom stereocenters. The van der Waals surface area contributed by atoms with Gasteiger partial charge >= 0.3 is 0 Å². The Morgan fingerprint density at radius 2 is 2.24 bits per heavy atom. The second-order valence-electron chi connectivity index (χ2n) is 4.13. The van der Waals surface area contributed by atoms with Crippen LogP contribution in [0.1, 0.15) is 31.9 Å². The normalized spacial score (nSPS) is 11.9. The van der Waals surface area contributed by atoms with Gasteiger partial charge in [-0.15, -0.1) is 6.42 Å². The molecule has 3 heteroatoms. The molecule has 0 bridgehead atoms. The molecule has 0 fully saturated rings. The van der Waals surface area contributed by atoms with E-state index in [1.54, 1.807) is 0 Å². The van der Waals surface area contributed by atoms with Crippen LogP contribution in [0.15, 0.2) is 18.2 Å². The quantitative estimate of drug-likeness (QED) is 0.814. The first-order chi connectivity index (χ1) is 8.10. The first kappa shape index (κ1) is 13.9. The van der Waals surface area contributed by atoms with E-state index in [0.717, 1.165) is 24.2 Å². The third-order valence-corrected chi connectivity index (χ3v) is 2.92. The highest BCUT2D eigenvalue weighted by Gasteiger charge is 2.10. The molecular formula is C14H19ClN2. The van der Waals surface area contributed by atoms with Gasteiger partial charge in [0.2, 0.25) is 0 Å². The van der Waals surface area contributed by atoms with E-state index >= 15 is 0 Å². The second-order valence-corrected chi connectivity index (χ2v) is 4.53. The number of nitrogens with two attached hydrogens (primary N) is 1. The van der Waals surface area contributed by atoms with Crippen molar-refractivity contribution in [3.05, 3.63) is 28.8 Å². The van der Waals surface area contributed by atoms with Gasteiger partial charge < -0.3 is 10.6 Å². The number of anilines is 1. The minimum atomic E-state index is -0.00573. The molecule has 0 aliphatic carbocycles. The summed E-state index contributed by atoms with van der Waals surface area (Å²) in [6, 6.07) is 5.91. The van der Waals surface area contributed by atoms with Gasteiger partial charge in [-0.1, -0.05) is 30.5 Å². The standard InChI is InChI=1S/C14H19ClN2/c1-4-8-17(9-5-2)14-7-6-12(11(3)16)10-13(14)15/h1,6-7,10-11H,5,8-9,16H2,2-3H3/t11-/m1/s1. The minimum absolute atomic E-state index is 0.00573. The molecule has 0 aliphatic heterocycles. The molecule has 2 N–H and O–H groups in total. The summed E-state index contributed by atoms with van der Waals surface area (Å²) < 4.78 is 0. The van der Waals surface area contributed by atoms with Crippen LogP contribution >= 0.6 is 11.6 Å². The summed E-state index contributed by atoms with van der Waals surface area (Å²) in [6.45, 7) is 5.54. The lowest BCUT2D eigenvalue weighted by Gasteiger charge is -2.23. The van der Waals surface area contributed by atoms with Gasteiger partial charge in [-0.2, -0.15) is 0 Å². The van der Waals surface area contributed by atoms with Gasteiger partial charge in [0.15, 0.2) is 0 Å². The SMILES string of the molecule is C#CCN(CCC)c1ccc([C@@H](C)N)cc1Cl. The minimum Gasteiger partial charge on any atom is -0.359 e.